The molecule has 178 valence electrons. The van der Waals surface area contributed by atoms with Gasteiger partial charge in [-0.25, -0.2) is 4.79 Å². The lowest BCUT2D eigenvalue weighted by molar-refractivity contribution is -0.150. The zero-order valence-electron chi connectivity index (χ0n) is 19.5. The number of alkyl carbamates (subject to hydrolysis) is 1. The van der Waals surface area contributed by atoms with E-state index >= 15 is 0 Å². The lowest BCUT2D eigenvalue weighted by Crippen LogP contribution is -2.51. The molecule has 0 aliphatic heterocycles. The monoisotopic (exact) mass is 456 g/mol. The first-order chi connectivity index (χ1) is 15.6. The van der Waals surface area contributed by atoms with Crippen molar-refractivity contribution < 1.29 is 29.0 Å². The van der Waals surface area contributed by atoms with Crippen LogP contribution in [0.15, 0.2) is 54.6 Å². The number of nitrogens with zero attached hydrogens (tertiary/aromatic N) is 1. The predicted octanol–water partition coefficient (Wildman–Crippen LogP) is 3.42. The van der Waals surface area contributed by atoms with Crippen LogP contribution in [-0.4, -0.2) is 52.8 Å². The van der Waals surface area contributed by atoms with Crippen LogP contribution in [0.2, 0.25) is 0 Å². The Hall–Kier alpha value is -3.55. The van der Waals surface area contributed by atoms with E-state index in [1.165, 1.54) is 17.0 Å². The fraction of sp³-hybridized carbons (Fsp3) is 0.400. The van der Waals surface area contributed by atoms with Crippen LogP contribution in [0.1, 0.15) is 38.8 Å². The molecule has 0 radical (unpaired) electrons. The first-order valence-electron chi connectivity index (χ1n) is 10.8. The minimum atomic E-state index is -0.998. The number of amides is 2. The maximum Gasteiger partial charge on any atom is 0.408 e. The number of rotatable bonds is 9. The summed E-state index contributed by atoms with van der Waals surface area (Å²) in [7, 11) is 0. The second-order valence-electron chi connectivity index (χ2n) is 8.55. The fourth-order valence-corrected chi connectivity index (χ4v) is 3.12. The van der Waals surface area contributed by atoms with E-state index in [0.717, 1.165) is 11.1 Å². The number of carbonyl (C=O) groups excluding carboxylic acids is 3. The van der Waals surface area contributed by atoms with E-state index in [0.29, 0.717) is 0 Å². The van der Waals surface area contributed by atoms with Gasteiger partial charge in [0.2, 0.25) is 5.91 Å². The fourth-order valence-electron chi connectivity index (χ4n) is 3.12. The lowest BCUT2D eigenvalue weighted by atomic mass is 10.0. The first-order valence-corrected chi connectivity index (χ1v) is 10.8. The molecule has 8 nitrogen and oxygen atoms in total. The molecule has 0 aliphatic carbocycles. The molecule has 8 heteroatoms. The average Bonchev–Trinajstić information content (AvgIpc) is 2.73. The van der Waals surface area contributed by atoms with Crippen LogP contribution in [0.25, 0.3) is 0 Å². The topological polar surface area (TPSA) is 105 Å². The molecule has 0 spiro atoms. The molecule has 2 aromatic carbocycles. The molecule has 33 heavy (non-hydrogen) atoms. The van der Waals surface area contributed by atoms with Crippen molar-refractivity contribution in [3.05, 3.63) is 65.7 Å². The van der Waals surface area contributed by atoms with Gasteiger partial charge in [-0.05, 0) is 51.0 Å². The standard InChI is InChI=1S/C25H32N2O6/c1-5-32-22(29)17-27(16-19-9-7-6-8-10-19)23(30)21(26-24(31)33-25(2,3)4)15-18-11-13-20(28)14-12-18/h6-14,21,28H,5,15-17H2,1-4H3,(H,26,31)/t21-/m1/s1. The highest BCUT2D eigenvalue weighted by atomic mass is 16.6. The number of ether oxygens (including phenoxy) is 2. The van der Waals surface area contributed by atoms with Gasteiger partial charge < -0.3 is 24.8 Å². The number of benzene rings is 2. The van der Waals surface area contributed by atoms with Gasteiger partial charge >= 0.3 is 12.1 Å². The number of aromatic hydroxyl groups is 1. The van der Waals surface area contributed by atoms with Crippen molar-refractivity contribution in [3.63, 3.8) is 0 Å². The number of carbonyl (C=O) groups is 3. The highest BCUT2D eigenvalue weighted by Gasteiger charge is 2.30. The van der Waals surface area contributed by atoms with Crippen LogP contribution in [0, 0.1) is 0 Å². The lowest BCUT2D eigenvalue weighted by Gasteiger charge is -2.28. The van der Waals surface area contributed by atoms with Crippen LogP contribution in [0.4, 0.5) is 4.79 Å². The largest absolute Gasteiger partial charge is 0.508 e. The molecule has 0 saturated carbocycles. The molecule has 0 aliphatic rings. The molecule has 0 bridgehead atoms. The summed E-state index contributed by atoms with van der Waals surface area (Å²) in [6.45, 7) is 6.98. The van der Waals surface area contributed by atoms with Gasteiger partial charge in [0.1, 0.15) is 23.9 Å². The van der Waals surface area contributed by atoms with E-state index in [9.17, 15) is 19.5 Å². The summed E-state index contributed by atoms with van der Waals surface area (Å²) < 4.78 is 10.4. The van der Waals surface area contributed by atoms with Crippen LogP contribution < -0.4 is 5.32 Å². The van der Waals surface area contributed by atoms with Crippen molar-refractivity contribution in [2.75, 3.05) is 13.2 Å². The summed E-state index contributed by atoms with van der Waals surface area (Å²) in [6.07, 6.45) is -0.595. The summed E-state index contributed by atoms with van der Waals surface area (Å²) in [6, 6.07) is 14.6. The van der Waals surface area contributed by atoms with Crippen LogP contribution in [0.3, 0.4) is 0 Å². The van der Waals surface area contributed by atoms with E-state index in [4.69, 9.17) is 9.47 Å². The van der Waals surface area contributed by atoms with Crippen molar-refractivity contribution in [2.24, 2.45) is 0 Å². The molecular weight excluding hydrogens is 424 g/mol. The number of phenols is 1. The first kappa shape index (κ1) is 25.7. The van der Waals surface area contributed by atoms with E-state index in [-0.39, 0.29) is 31.9 Å². The Morgan fingerprint density at radius 2 is 1.64 bits per heavy atom. The van der Waals surface area contributed by atoms with Crippen LogP contribution in [-0.2, 0) is 32.0 Å². The minimum absolute atomic E-state index is 0.0924. The molecule has 1 atom stereocenters. The summed E-state index contributed by atoms with van der Waals surface area (Å²) in [4.78, 5) is 39.6. The van der Waals surface area contributed by atoms with E-state index in [1.807, 2.05) is 30.3 Å². The maximum atomic E-state index is 13.6. The van der Waals surface area contributed by atoms with Crippen molar-refractivity contribution in [2.45, 2.75) is 52.3 Å². The molecule has 2 N–H and O–H groups in total. The van der Waals surface area contributed by atoms with E-state index in [2.05, 4.69) is 5.32 Å². The van der Waals surface area contributed by atoms with Gasteiger partial charge in [-0.2, -0.15) is 0 Å². The molecule has 0 aromatic heterocycles. The predicted molar refractivity (Wildman–Crippen MR) is 123 cm³/mol. The van der Waals surface area contributed by atoms with Crippen molar-refractivity contribution in [1.29, 1.82) is 0 Å². The smallest absolute Gasteiger partial charge is 0.408 e. The molecule has 2 rings (SSSR count). The summed E-state index contributed by atoms with van der Waals surface area (Å²) in [5, 5.41) is 12.2. The number of esters is 1. The van der Waals surface area contributed by atoms with Gasteiger partial charge in [0.25, 0.3) is 0 Å². The molecular formula is C25H32N2O6. The molecule has 0 fully saturated rings. The quantitative estimate of drug-likeness (QED) is 0.560. The van der Waals surface area contributed by atoms with E-state index < -0.39 is 29.6 Å². The highest BCUT2D eigenvalue weighted by Crippen LogP contribution is 2.15. The van der Waals surface area contributed by atoms with Crippen molar-refractivity contribution >= 4 is 18.0 Å². The Morgan fingerprint density at radius 1 is 1.00 bits per heavy atom. The Labute approximate surface area is 194 Å². The number of nitrogens with one attached hydrogen (secondary N) is 1. The highest BCUT2D eigenvalue weighted by molar-refractivity contribution is 5.88. The third-order valence-corrected chi connectivity index (χ3v) is 4.52. The molecule has 0 unspecified atom stereocenters. The minimum Gasteiger partial charge on any atom is -0.508 e. The Morgan fingerprint density at radius 3 is 2.21 bits per heavy atom. The maximum absolute atomic E-state index is 13.6. The third-order valence-electron chi connectivity index (χ3n) is 4.52. The second kappa shape index (κ2) is 11.9. The summed E-state index contributed by atoms with van der Waals surface area (Å²) in [5.74, 6) is -0.900. The third kappa shape index (κ3) is 9.22. The molecule has 0 saturated heterocycles. The van der Waals surface area contributed by atoms with E-state index in [1.54, 1.807) is 39.8 Å². The van der Waals surface area contributed by atoms with Crippen molar-refractivity contribution in [1.82, 2.24) is 10.2 Å². The Balaban J connectivity index is 2.30. The van der Waals surface area contributed by atoms with Crippen LogP contribution in [0.5, 0.6) is 5.75 Å². The van der Waals surface area contributed by atoms with Crippen molar-refractivity contribution in [3.8, 4) is 5.75 Å². The SMILES string of the molecule is CCOC(=O)CN(Cc1ccccc1)C(=O)[C@@H](Cc1ccc(O)cc1)NC(=O)OC(C)(C)C. The van der Waals surface area contributed by atoms with Gasteiger partial charge in [-0.3, -0.25) is 9.59 Å². The Kier molecular flexibility index (Phi) is 9.27. The molecule has 0 heterocycles. The van der Waals surface area contributed by atoms with Gasteiger partial charge in [-0.15, -0.1) is 0 Å². The van der Waals surface area contributed by atoms with Gasteiger partial charge in [0.05, 0.1) is 6.61 Å². The summed E-state index contributed by atoms with van der Waals surface area (Å²) in [5.41, 5.74) is 0.805. The molecule has 2 amide bonds. The molecule has 2 aromatic rings. The number of hydrogen-bond acceptors (Lipinski definition) is 6. The normalized spacial score (nSPS) is 11.9. The second-order valence-corrected chi connectivity index (χ2v) is 8.55. The Bertz CT molecular complexity index is 922. The van der Waals surface area contributed by atoms with Gasteiger partial charge in [0.15, 0.2) is 0 Å². The zero-order chi connectivity index (χ0) is 24.4. The average molecular weight is 457 g/mol. The number of phenolic OH excluding ortho intramolecular Hbond substituents is 1. The van der Waals surface area contributed by atoms with Gasteiger partial charge in [-0.1, -0.05) is 42.5 Å². The number of hydrogen-bond donors (Lipinski definition) is 2. The van der Waals surface area contributed by atoms with Crippen LogP contribution >= 0.6 is 0 Å². The zero-order valence-corrected chi connectivity index (χ0v) is 19.5. The van der Waals surface area contributed by atoms with Gasteiger partial charge in [0, 0.05) is 13.0 Å². The summed E-state index contributed by atoms with van der Waals surface area (Å²) >= 11 is 0.